The lowest BCUT2D eigenvalue weighted by Gasteiger charge is -2.47. The molecule has 1 aromatic carbocycles. The van der Waals surface area contributed by atoms with E-state index in [0.717, 1.165) is 12.0 Å². The molecule has 0 N–H and O–H groups in total. The molecule has 0 radical (unpaired) electrons. The first-order valence-electron chi connectivity index (χ1n) is 9.38. The molecule has 1 saturated heterocycles. The standard InChI is InChI=1S/C22H34O3/c1-15(2)21-17(4)20(24-22(6,7)25-21)13-16(3)18(5)23-14-19-11-9-8-10-12-19/h8-12,15,17-18,20-21H,3,13-14H2,1-2,4-7H3/t17-,18+,20-,21+/m1/s1. The summed E-state index contributed by atoms with van der Waals surface area (Å²) in [4.78, 5) is 0. The van der Waals surface area contributed by atoms with Gasteiger partial charge >= 0.3 is 0 Å². The normalized spacial score (nSPS) is 27.2. The van der Waals surface area contributed by atoms with Crippen molar-refractivity contribution in [3.63, 3.8) is 0 Å². The summed E-state index contributed by atoms with van der Waals surface area (Å²) in [7, 11) is 0. The maximum absolute atomic E-state index is 6.21. The molecule has 0 unspecified atom stereocenters. The molecule has 4 atom stereocenters. The fourth-order valence-corrected chi connectivity index (χ4v) is 3.45. The molecule has 1 aromatic rings. The largest absolute Gasteiger partial charge is 0.369 e. The van der Waals surface area contributed by atoms with Gasteiger partial charge in [-0.2, -0.15) is 0 Å². The van der Waals surface area contributed by atoms with E-state index in [-0.39, 0.29) is 18.3 Å². The molecule has 2 rings (SSSR count). The van der Waals surface area contributed by atoms with Gasteiger partial charge in [0.1, 0.15) is 0 Å². The Bertz CT molecular complexity index is 550. The first-order valence-corrected chi connectivity index (χ1v) is 9.38. The van der Waals surface area contributed by atoms with Gasteiger partial charge in [0.2, 0.25) is 0 Å². The van der Waals surface area contributed by atoms with Gasteiger partial charge in [0.05, 0.1) is 24.9 Å². The Balaban J connectivity index is 1.93. The van der Waals surface area contributed by atoms with Crippen LogP contribution in [0.1, 0.15) is 53.5 Å². The number of hydrogen-bond donors (Lipinski definition) is 0. The van der Waals surface area contributed by atoms with Gasteiger partial charge < -0.3 is 14.2 Å². The molecule has 3 nitrogen and oxygen atoms in total. The van der Waals surface area contributed by atoms with Crippen molar-refractivity contribution in [1.29, 1.82) is 0 Å². The topological polar surface area (TPSA) is 27.7 Å². The van der Waals surface area contributed by atoms with Crippen molar-refractivity contribution in [1.82, 2.24) is 0 Å². The molecule has 1 aliphatic rings. The van der Waals surface area contributed by atoms with Crippen LogP contribution >= 0.6 is 0 Å². The van der Waals surface area contributed by atoms with Gasteiger partial charge in [0.25, 0.3) is 0 Å². The molecule has 25 heavy (non-hydrogen) atoms. The zero-order chi connectivity index (χ0) is 18.6. The fraction of sp³-hybridized carbons (Fsp3) is 0.636. The Hall–Kier alpha value is -1.16. The molecular weight excluding hydrogens is 312 g/mol. The minimum Gasteiger partial charge on any atom is -0.369 e. The van der Waals surface area contributed by atoms with Crippen molar-refractivity contribution < 1.29 is 14.2 Å². The van der Waals surface area contributed by atoms with Crippen LogP contribution in [0.3, 0.4) is 0 Å². The average Bonchev–Trinajstić information content (AvgIpc) is 2.56. The summed E-state index contributed by atoms with van der Waals surface area (Å²) in [5.41, 5.74) is 2.26. The van der Waals surface area contributed by atoms with Crippen molar-refractivity contribution >= 4 is 0 Å². The predicted octanol–water partition coefficient (Wildman–Crippen LogP) is 5.35. The van der Waals surface area contributed by atoms with Crippen LogP contribution < -0.4 is 0 Å². The molecular formula is C22H34O3. The fourth-order valence-electron chi connectivity index (χ4n) is 3.45. The van der Waals surface area contributed by atoms with Crippen LogP contribution in [0.25, 0.3) is 0 Å². The lowest BCUT2D eigenvalue weighted by atomic mass is 9.85. The maximum Gasteiger partial charge on any atom is 0.163 e. The highest BCUT2D eigenvalue weighted by Gasteiger charge is 2.42. The molecule has 0 bridgehead atoms. The summed E-state index contributed by atoms with van der Waals surface area (Å²) >= 11 is 0. The Kier molecular flexibility index (Phi) is 6.84. The lowest BCUT2D eigenvalue weighted by Crippen LogP contribution is -2.52. The van der Waals surface area contributed by atoms with Crippen LogP contribution in [0, 0.1) is 11.8 Å². The summed E-state index contributed by atoms with van der Waals surface area (Å²) in [6.07, 6.45) is 1.10. The molecule has 0 aliphatic carbocycles. The monoisotopic (exact) mass is 346 g/mol. The second-order valence-corrected chi connectivity index (χ2v) is 8.04. The maximum atomic E-state index is 6.21. The Morgan fingerprint density at radius 1 is 1.16 bits per heavy atom. The average molecular weight is 347 g/mol. The summed E-state index contributed by atoms with van der Waals surface area (Å²) in [6, 6.07) is 10.2. The number of benzene rings is 1. The van der Waals surface area contributed by atoms with Crippen molar-refractivity contribution in [3.8, 4) is 0 Å². The molecule has 0 aromatic heterocycles. The van der Waals surface area contributed by atoms with Crippen molar-refractivity contribution in [2.75, 3.05) is 0 Å². The minimum absolute atomic E-state index is 0.000497. The lowest BCUT2D eigenvalue weighted by molar-refractivity contribution is -0.325. The molecule has 0 spiro atoms. The molecule has 1 aliphatic heterocycles. The molecule has 140 valence electrons. The van der Waals surface area contributed by atoms with Gasteiger partial charge in [0.15, 0.2) is 5.79 Å². The highest BCUT2D eigenvalue weighted by molar-refractivity contribution is 5.14. The third-order valence-electron chi connectivity index (χ3n) is 5.00. The van der Waals surface area contributed by atoms with Gasteiger partial charge in [-0.1, -0.05) is 57.7 Å². The van der Waals surface area contributed by atoms with E-state index in [4.69, 9.17) is 14.2 Å². The van der Waals surface area contributed by atoms with E-state index in [1.165, 1.54) is 5.56 Å². The quantitative estimate of drug-likeness (QED) is 0.623. The zero-order valence-electron chi connectivity index (χ0n) is 16.6. The summed E-state index contributed by atoms with van der Waals surface area (Å²) in [5.74, 6) is 0.229. The first kappa shape index (κ1) is 20.2. The Morgan fingerprint density at radius 2 is 1.80 bits per heavy atom. The molecule has 1 heterocycles. The van der Waals surface area contributed by atoms with Gasteiger partial charge in [-0.05, 0) is 44.2 Å². The van der Waals surface area contributed by atoms with Crippen molar-refractivity contribution in [3.05, 3.63) is 48.0 Å². The highest BCUT2D eigenvalue weighted by atomic mass is 16.7. The van der Waals surface area contributed by atoms with Crippen LogP contribution in [0.5, 0.6) is 0 Å². The summed E-state index contributed by atoms with van der Waals surface area (Å²) < 4.78 is 18.4. The molecule has 0 amide bonds. The second kappa shape index (κ2) is 8.48. The Morgan fingerprint density at radius 3 is 2.40 bits per heavy atom. The van der Waals surface area contributed by atoms with Crippen LogP contribution in [0.15, 0.2) is 42.5 Å². The smallest absolute Gasteiger partial charge is 0.163 e. The van der Waals surface area contributed by atoms with E-state index in [1.54, 1.807) is 0 Å². The van der Waals surface area contributed by atoms with Crippen molar-refractivity contribution in [2.24, 2.45) is 11.8 Å². The van der Waals surface area contributed by atoms with Crippen LogP contribution in [-0.2, 0) is 20.8 Å². The molecule has 1 fully saturated rings. The van der Waals surface area contributed by atoms with Crippen LogP contribution in [-0.4, -0.2) is 24.1 Å². The van der Waals surface area contributed by atoms with Gasteiger partial charge in [0, 0.05) is 5.92 Å². The van der Waals surface area contributed by atoms with E-state index in [0.29, 0.717) is 18.4 Å². The van der Waals surface area contributed by atoms with E-state index in [9.17, 15) is 0 Å². The van der Waals surface area contributed by atoms with Crippen molar-refractivity contribution in [2.45, 2.75) is 78.7 Å². The number of rotatable bonds is 7. The number of ether oxygens (including phenoxy) is 3. The predicted molar refractivity (Wildman–Crippen MR) is 102 cm³/mol. The van der Waals surface area contributed by atoms with E-state index in [1.807, 2.05) is 32.0 Å². The second-order valence-electron chi connectivity index (χ2n) is 8.04. The van der Waals surface area contributed by atoms with Crippen LogP contribution in [0.2, 0.25) is 0 Å². The van der Waals surface area contributed by atoms with Crippen LogP contribution in [0.4, 0.5) is 0 Å². The highest BCUT2D eigenvalue weighted by Crippen LogP contribution is 2.37. The SMILES string of the molecule is C=C(C[C@H]1OC(C)(C)O[C@@H](C(C)C)[C@@H]1C)[C@H](C)OCc1ccccc1. The van der Waals surface area contributed by atoms with Gasteiger partial charge in [-0.25, -0.2) is 0 Å². The van der Waals surface area contributed by atoms with E-state index >= 15 is 0 Å². The molecule has 0 saturated carbocycles. The summed E-state index contributed by atoms with van der Waals surface area (Å²) in [6.45, 7) is 17.6. The first-order chi connectivity index (χ1) is 11.7. The summed E-state index contributed by atoms with van der Waals surface area (Å²) in [5, 5.41) is 0. The minimum atomic E-state index is -0.555. The molecule has 3 heteroatoms. The van der Waals surface area contributed by atoms with E-state index < -0.39 is 5.79 Å². The number of hydrogen-bond acceptors (Lipinski definition) is 3. The van der Waals surface area contributed by atoms with Gasteiger partial charge in [-0.3, -0.25) is 0 Å². The van der Waals surface area contributed by atoms with E-state index in [2.05, 4.69) is 46.4 Å². The zero-order valence-corrected chi connectivity index (χ0v) is 16.6. The Labute approximate surface area is 153 Å². The third kappa shape index (κ3) is 5.67. The van der Waals surface area contributed by atoms with Gasteiger partial charge in [-0.15, -0.1) is 0 Å². The third-order valence-corrected chi connectivity index (χ3v) is 5.00.